The summed E-state index contributed by atoms with van der Waals surface area (Å²) in [6, 6.07) is 11.0. The van der Waals surface area contributed by atoms with E-state index in [1.165, 1.54) is 25.3 Å². The molecule has 1 N–H and O–H groups in total. The van der Waals surface area contributed by atoms with E-state index in [-0.39, 0.29) is 12.1 Å². The SMILES string of the molecule is COc1cccc(Cl)c1CNC(=O)c1ccccc1F. The highest BCUT2D eigenvalue weighted by Gasteiger charge is 2.13. The van der Waals surface area contributed by atoms with Gasteiger partial charge in [-0.3, -0.25) is 4.79 Å². The molecule has 0 aliphatic carbocycles. The summed E-state index contributed by atoms with van der Waals surface area (Å²) in [6.45, 7) is 0.163. The van der Waals surface area contributed by atoms with Crippen molar-refractivity contribution in [3.8, 4) is 5.75 Å². The highest BCUT2D eigenvalue weighted by Crippen LogP contribution is 2.26. The van der Waals surface area contributed by atoms with Gasteiger partial charge in [-0.15, -0.1) is 0 Å². The molecule has 0 bridgehead atoms. The lowest BCUT2D eigenvalue weighted by molar-refractivity contribution is 0.0946. The molecule has 0 saturated heterocycles. The van der Waals surface area contributed by atoms with Gasteiger partial charge in [0.25, 0.3) is 5.91 Å². The Labute approximate surface area is 121 Å². The number of halogens is 2. The van der Waals surface area contributed by atoms with Crippen molar-refractivity contribution >= 4 is 17.5 Å². The van der Waals surface area contributed by atoms with Gasteiger partial charge in [-0.2, -0.15) is 0 Å². The Balaban J connectivity index is 2.14. The van der Waals surface area contributed by atoms with Crippen LogP contribution in [0.2, 0.25) is 5.02 Å². The molecule has 2 aromatic carbocycles. The van der Waals surface area contributed by atoms with Crippen molar-refractivity contribution in [3.63, 3.8) is 0 Å². The quantitative estimate of drug-likeness (QED) is 0.938. The lowest BCUT2D eigenvalue weighted by Crippen LogP contribution is -2.24. The number of methoxy groups -OCH3 is 1. The molecule has 0 heterocycles. The monoisotopic (exact) mass is 293 g/mol. The minimum absolute atomic E-state index is 0.00137. The van der Waals surface area contributed by atoms with Crippen LogP contribution in [-0.2, 0) is 6.54 Å². The smallest absolute Gasteiger partial charge is 0.254 e. The van der Waals surface area contributed by atoms with Gasteiger partial charge in [-0.25, -0.2) is 4.39 Å². The number of ether oxygens (including phenoxy) is 1. The maximum Gasteiger partial charge on any atom is 0.254 e. The third kappa shape index (κ3) is 3.08. The van der Waals surface area contributed by atoms with E-state index in [0.29, 0.717) is 16.3 Å². The summed E-state index contributed by atoms with van der Waals surface area (Å²) < 4.78 is 18.7. The number of amides is 1. The third-order valence-corrected chi connectivity index (χ3v) is 3.19. The predicted octanol–water partition coefficient (Wildman–Crippen LogP) is 3.42. The van der Waals surface area contributed by atoms with Crippen molar-refractivity contribution in [2.24, 2.45) is 0 Å². The summed E-state index contributed by atoms with van der Waals surface area (Å²) in [4.78, 5) is 11.9. The van der Waals surface area contributed by atoms with Crippen LogP contribution in [0, 0.1) is 5.82 Å². The Hall–Kier alpha value is -2.07. The van der Waals surface area contributed by atoms with E-state index in [2.05, 4.69) is 5.32 Å². The van der Waals surface area contributed by atoms with Crippen LogP contribution in [0.4, 0.5) is 4.39 Å². The highest BCUT2D eigenvalue weighted by molar-refractivity contribution is 6.31. The van der Waals surface area contributed by atoms with E-state index < -0.39 is 11.7 Å². The average molecular weight is 294 g/mol. The molecular formula is C15H13ClFNO2. The van der Waals surface area contributed by atoms with Gasteiger partial charge in [0.05, 0.1) is 12.7 Å². The van der Waals surface area contributed by atoms with Crippen molar-refractivity contribution in [3.05, 3.63) is 64.4 Å². The van der Waals surface area contributed by atoms with E-state index >= 15 is 0 Å². The molecule has 0 spiro atoms. The van der Waals surface area contributed by atoms with E-state index in [0.717, 1.165) is 0 Å². The van der Waals surface area contributed by atoms with Gasteiger partial charge in [0.15, 0.2) is 0 Å². The molecule has 0 aromatic heterocycles. The fraction of sp³-hybridized carbons (Fsp3) is 0.133. The normalized spacial score (nSPS) is 10.2. The van der Waals surface area contributed by atoms with Crippen LogP contribution in [0.3, 0.4) is 0 Å². The first-order chi connectivity index (χ1) is 9.63. The van der Waals surface area contributed by atoms with E-state index in [1.54, 1.807) is 24.3 Å². The molecule has 0 aliphatic rings. The molecular weight excluding hydrogens is 281 g/mol. The Morgan fingerprint density at radius 2 is 2.00 bits per heavy atom. The molecule has 0 saturated carbocycles. The zero-order valence-corrected chi connectivity index (χ0v) is 11.6. The minimum atomic E-state index is -0.559. The molecule has 2 aromatic rings. The zero-order valence-electron chi connectivity index (χ0n) is 10.8. The number of carbonyl (C=O) groups excluding carboxylic acids is 1. The largest absolute Gasteiger partial charge is 0.496 e. The fourth-order valence-corrected chi connectivity index (χ4v) is 2.04. The average Bonchev–Trinajstić information content (AvgIpc) is 2.46. The summed E-state index contributed by atoms with van der Waals surface area (Å²) in [7, 11) is 1.52. The van der Waals surface area contributed by atoms with Gasteiger partial charge in [0.2, 0.25) is 0 Å². The highest BCUT2D eigenvalue weighted by atomic mass is 35.5. The van der Waals surface area contributed by atoms with Gasteiger partial charge in [0, 0.05) is 17.1 Å². The second-order valence-corrected chi connectivity index (χ2v) is 4.49. The minimum Gasteiger partial charge on any atom is -0.496 e. The van der Waals surface area contributed by atoms with E-state index in [1.807, 2.05) is 0 Å². The molecule has 0 fully saturated rings. The second kappa shape index (κ2) is 6.39. The first-order valence-electron chi connectivity index (χ1n) is 5.97. The standard InChI is InChI=1S/C15H13ClFNO2/c1-20-14-8-4-6-12(16)11(14)9-18-15(19)10-5-2-3-7-13(10)17/h2-8H,9H2,1H3,(H,18,19). The van der Waals surface area contributed by atoms with E-state index in [9.17, 15) is 9.18 Å². The Morgan fingerprint density at radius 1 is 1.25 bits per heavy atom. The molecule has 0 aliphatic heterocycles. The number of benzene rings is 2. The molecule has 2 rings (SSSR count). The number of hydrogen-bond acceptors (Lipinski definition) is 2. The van der Waals surface area contributed by atoms with Crippen molar-refractivity contribution < 1.29 is 13.9 Å². The van der Waals surface area contributed by atoms with Gasteiger partial charge in [-0.05, 0) is 24.3 Å². The maximum atomic E-state index is 13.5. The molecule has 104 valence electrons. The fourth-order valence-electron chi connectivity index (χ4n) is 1.81. The second-order valence-electron chi connectivity index (χ2n) is 4.08. The van der Waals surface area contributed by atoms with Gasteiger partial charge >= 0.3 is 0 Å². The van der Waals surface area contributed by atoms with Crippen molar-refractivity contribution in [1.82, 2.24) is 5.32 Å². The van der Waals surface area contributed by atoms with Crippen molar-refractivity contribution in [2.45, 2.75) is 6.54 Å². The summed E-state index contributed by atoms with van der Waals surface area (Å²) in [6.07, 6.45) is 0. The molecule has 5 heteroatoms. The summed E-state index contributed by atoms with van der Waals surface area (Å²) in [5.41, 5.74) is 0.653. The van der Waals surface area contributed by atoms with Gasteiger partial charge in [0.1, 0.15) is 11.6 Å². The third-order valence-electron chi connectivity index (χ3n) is 2.84. The number of nitrogens with one attached hydrogen (secondary N) is 1. The molecule has 0 unspecified atom stereocenters. The van der Waals surface area contributed by atoms with Gasteiger partial charge < -0.3 is 10.1 Å². The number of rotatable bonds is 4. The molecule has 0 radical (unpaired) electrons. The number of carbonyl (C=O) groups is 1. The van der Waals surface area contributed by atoms with Crippen LogP contribution in [0.5, 0.6) is 5.75 Å². The molecule has 0 atom stereocenters. The van der Waals surface area contributed by atoms with Crippen LogP contribution in [0.1, 0.15) is 15.9 Å². The molecule has 1 amide bonds. The summed E-state index contributed by atoms with van der Waals surface area (Å²) in [5, 5.41) is 3.11. The predicted molar refractivity (Wildman–Crippen MR) is 75.6 cm³/mol. The summed E-state index contributed by atoms with van der Waals surface area (Å²) >= 11 is 6.06. The van der Waals surface area contributed by atoms with Crippen molar-refractivity contribution in [2.75, 3.05) is 7.11 Å². The lowest BCUT2D eigenvalue weighted by atomic mass is 10.1. The Kier molecular flexibility index (Phi) is 4.58. The first kappa shape index (κ1) is 14.3. The topological polar surface area (TPSA) is 38.3 Å². The molecule has 20 heavy (non-hydrogen) atoms. The maximum absolute atomic E-state index is 13.5. The van der Waals surface area contributed by atoms with Crippen LogP contribution < -0.4 is 10.1 Å². The Bertz CT molecular complexity index is 631. The summed E-state index contributed by atoms with van der Waals surface area (Å²) in [5.74, 6) is -0.479. The van der Waals surface area contributed by atoms with Crippen LogP contribution in [0.15, 0.2) is 42.5 Å². The first-order valence-corrected chi connectivity index (χ1v) is 6.35. The van der Waals surface area contributed by atoms with E-state index in [4.69, 9.17) is 16.3 Å². The lowest BCUT2D eigenvalue weighted by Gasteiger charge is -2.11. The molecule has 3 nitrogen and oxygen atoms in total. The van der Waals surface area contributed by atoms with Crippen LogP contribution >= 0.6 is 11.6 Å². The van der Waals surface area contributed by atoms with Crippen LogP contribution in [0.25, 0.3) is 0 Å². The zero-order chi connectivity index (χ0) is 14.5. The van der Waals surface area contributed by atoms with Crippen molar-refractivity contribution in [1.29, 1.82) is 0 Å². The van der Waals surface area contributed by atoms with Crippen LogP contribution in [-0.4, -0.2) is 13.0 Å². The number of hydrogen-bond donors (Lipinski definition) is 1. The Morgan fingerprint density at radius 3 is 2.70 bits per heavy atom. The van der Waals surface area contributed by atoms with Gasteiger partial charge in [-0.1, -0.05) is 29.8 Å².